The molecule has 4 heteroatoms. The molecule has 26 heavy (non-hydrogen) atoms. The normalized spacial score (nSPS) is 16.8. The third-order valence-electron chi connectivity index (χ3n) is 5.01. The number of hydrogen-bond acceptors (Lipinski definition) is 3. The Bertz CT molecular complexity index is 547. The van der Waals surface area contributed by atoms with Crippen molar-refractivity contribution >= 4 is 6.09 Å². The smallest absolute Gasteiger partial charge is 0.410 e. The second kappa shape index (κ2) is 9.40. The lowest BCUT2D eigenvalue weighted by atomic mass is 9.89. The summed E-state index contributed by atoms with van der Waals surface area (Å²) < 4.78 is 5.40. The van der Waals surface area contributed by atoms with Crippen molar-refractivity contribution in [2.75, 3.05) is 26.7 Å². The number of carbonyl (C=O) groups is 1. The Balaban J connectivity index is 1.56. The topological polar surface area (TPSA) is 32.8 Å². The summed E-state index contributed by atoms with van der Waals surface area (Å²) in [6.07, 6.45) is 3.35. The molecule has 0 aliphatic carbocycles. The highest BCUT2D eigenvalue weighted by atomic mass is 16.6. The molecule has 0 saturated carbocycles. The second-order valence-electron chi connectivity index (χ2n) is 8.92. The Morgan fingerprint density at radius 2 is 1.88 bits per heavy atom. The van der Waals surface area contributed by atoms with Crippen LogP contribution in [0.5, 0.6) is 0 Å². The first-order chi connectivity index (χ1) is 12.2. The molecule has 1 fully saturated rings. The Hall–Kier alpha value is -1.55. The zero-order chi connectivity index (χ0) is 19.2. The standard InChI is InChI=1S/C22H36N2O2/c1-18(13-14-23(5)21(25)26-22(2,3)4)11-12-20-16-24(17-20)15-19-9-7-6-8-10-19/h6-10,18,20H,11-17H2,1-5H3. The van der Waals surface area contributed by atoms with Crippen LogP contribution >= 0.6 is 0 Å². The van der Waals surface area contributed by atoms with Gasteiger partial charge in [0.1, 0.15) is 5.60 Å². The number of amides is 1. The molecule has 1 amide bonds. The van der Waals surface area contributed by atoms with Gasteiger partial charge in [-0.1, -0.05) is 43.7 Å². The summed E-state index contributed by atoms with van der Waals surface area (Å²) in [7, 11) is 1.83. The molecule has 1 aromatic rings. The van der Waals surface area contributed by atoms with E-state index in [2.05, 4.69) is 42.2 Å². The average molecular weight is 361 g/mol. The molecule has 146 valence electrons. The highest BCUT2D eigenvalue weighted by molar-refractivity contribution is 5.67. The lowest BCUT2D eigenvalue weighted by Crippen LogP contribution is -2.45. The second-order valence-corrected chi connectivity index (χ2v) is 8.92. The average Bonchev–Trinajstić information content (AvgIpc) is 2.53. The Kier molecular flexibility index (Phi) is 7.51. The zero-order valence-corrected chi connectivity index (χ0v) is 17.2. The molecule has 0 N–H and O–H groups in total. The van der Waals surface area contributed by atoms with Gasteiger partial charge in [-0.3, -0.25) is 4.90 Å². The summed E-state index contributed by atoms with van der Waals surface area (Å²) in [4.78, 5) is 16.2. The Labute approximate surface area is 159 Å². The van der Waals surface area contributed by atoms with E-state index < -0.39 is 5.60 Å². The molecule has 1 unspecified atom stereocenters. The van der Waals surface area contributed by atoms with E-state index in [9.17, 15) is 4.79 Å². The van der Waals surface area contributed by atoms with Crippen molar-refractivity contribution < 1.29 is 9.53 Å². The van der Waals surface area contributed by atoms with Crippen LogP contribution in [0.1, 0.15) is 52.5 Å². The number of carbonyl (C=O) groups excluding carboxylic acids is 1. The van der Waals surface area contributed by atoms with Crippen LogP contribution in [0.4, 0.5) is 4.79 Å². The van der Waals surface area contributed by atoms with Crippen molar-refractivity contribution in [3.8, 4) is 0 Å². The van der Waals surface area contributed by atoms with Gasteiger partial charge in [-0.15, -0.1) is 0 Å². The molecule has 1 atom stereocenters. The molecule has 0 aromatic heterocycles. The minimum Gasteiger partial charge on any atom is -0.444 e. The Morgan fingerprint density at radius 3 is 2.50 bits per heavy atom. The highest BCUT2D eigenvalue weighted by Crippen LogP contribution is 2.25. The number of benzene rings is 1. The van der Waals surface area contributed by atoms with E-state index >= 15 is 0 Å². The summed E-state index contributed by atoms with van der Waals surface area (Å²) in [5.74, 6) is 1.48. The maximum Gasteiger partial charge on any atom is 0.410 e. The van der Waals surface area contributed by atoms with Gasteiger partial charge in [-0.05, 0) is 51.0 Å². The molecule has 2 rings (SSSR count). The number of rotatable bonds is 8. The quantitative estimate of drug-likeness (QED) is 0.668. The third-order valence-corrected chi connectivity index (χ3v) is 5.01. The molecule has 1 aliphatic heterocycles. The highest BCUT2D eigenvalue weighted by Gasteiger charge is 2.26. The predicted molar refractivity (Wildman–Crippen MR) is 107 cm³/mol. The lowest BCUT2D eigenvalue weighted by molar-refractivity contribution is 0.0289. The molecule has 1 heterocycles. The van der Waals surface area contributed by atoms with Crippen LogP contribution in [0.2, 0.25) is 0 Å². The number of nitrogens with zero attached hydrogens (tertiary/aromatic N) is 2. The SMILES string of the molecule is CC(CCC1CN(Cc2ccccc2)C1)CCN(C)C(=O)OC(C)(C)C. The summed E-state index contributed by atoms with van der Waals surface area (Å²) in [5, 5.41) is 0. The fourth-order valence-electron chi connectivity index (χ4n) is 3.34. The van der Waals surface area contributed by atoms with Crippen LogP contribution < -0.4 is 0 Å². The molecular weight excluding hydrogens is 324 g/mol. The van der Waals surface area contributed by atoms with Crippen molar-refractivity contribution in [1.82, 2.24) is 9.80 Å². The summed E-state index contributed by atoms with van der Waals surface area (Å²) in [5.41, 5.74) is 0.983. The van der Waals surface area contributed by atoms with Crippen LogP contribution in [0.3, 0.4) is 0 Å². The number of ether oxygens (including phenoxy) is 1. The van der Waals surface area contributed by atoms with Crippen LogP contribution in [-0.4, -0.2) is 48.2 Å². The molecular formula is C22H36N2O2. The van der Waals surface area contributed by atoms with Gasteiger partial charge in [-0.2, -0.15) is 0 Å². The van der Waals surface area contributed by atoms with Crippen LogP contribution in [0.25, 0.3) is 0 Å². The van der Waals surface area contributed by atoms with Crippen LogP contribution in [0.15, 0.2) is 30.3 Å². The number of hydrogen-bond donors (Lipinski definition) is 0. The fourth-order valence-corrected chi connectivity index (χ4v) is 3.34. The first-order valence-corrected chi connectivity index (χ1v) is 9.93. The third kappa shape index (κ3) is 7.36. The maximum atomic E-state index is 12.0. The largest absolute Gasteiger partial charge is 0.444 e. The molecule has 1 aromatic carbocycles. The van der Waals surface area contributed by atoms with Gasteiger partial charge in [-0.25, -0.2) is 4.79 Å². The monoisotopic (exact) mass is 360 g/mol. The molecule has 4 nitrogen and oxygen atoms in total. The van der Waals surface area contributed by atoms with E-state index in [-0.39, 0.29) is 6.09 Å². The van der Waals surface area contributed by atoms with Gasteiger partial charge in [0.15, 0.2) is 0 Å². The zero-order valence-electron chi connectivity index (χ0n) is 17.2. The van der Waals surface area contributed by atoms with Gasteiger partial charge < -0.3 is 9.64 Å². The lowest BCUT2D eigenvalue weighted by Gasteiger charge is -2.40. The minimum absolute atomic E-state index is 0.222. The molecule has 0 spiro atoms. The minimum atomic E-state index is -0.424. The van der Waals surface area contributed by atoms with Crippen LogP contribution in [-0.2, 0) is 11.3 Å². The fraction of sp³-hybridized carbons (Fsp3) is 0.682. The van der Waals surface area contributed by atoms with E-state index in [0.29, 0.717) is 5.92 Å². The van der Waals surface area contributed by atoms with Crippen molar-refractivity contribution in [1.29, 1.82) is 0 Å². The van der Waals surface area contributed by atoms with Gasteiger partial charge in [0, 0.05) is 33.2 Å². The van der Waals surface area contributed by atoms with Gasteiger partial charge in [0.25, 0.3) is 0 Å². The Morgan fingerprint density at radius 1 is 1.23 bits per heavy atom. The summed E-state index contributed by atoms with van der Waals surface area (Å²) >= 11 is 0. The van der Waals surface area contributed by atoms with Gasteiger partial charge >= 0.3 is 6.09 Å². The molecule has 1 aliphatic rings. The van der Waals surface area contributed by atoms with Crippen molar-refractivity contribution in [2.24, 2.45) is 11.8 Å². The number of likely N-dealkylation sites (tertiary alicyclic amines) is 1. The summed E-state index contributed by atoms with van der Waals surface area (Å²) in [6.45, 7) is 12.3. The van der Waals surface area contributed by atoms with E-state index in [1.165, 1.54) is 31.5 Å². The van der Waals surface area contributed by atoms with E-state index in [0.717, 1.165) is 25.4 Å². The van der Waals surface area contributed by atoms with Gasteiger partial charge in [0.05, 0.1) is 0 Å². The first kappa shape index (κ1) is 20.8. The predicted octanol–water partition coefficient (Wildman–Crippen LogP) is 4.79. The first-order valence-electron chi connectivity index (χ1n) is 9.93. The van der Waals surface area contributed by atoms with Gasteiger partial charge in [0.2, 0.25) is 0 Å². The molecule has 0 bridgehead atoms. The molecule has 0 radical (unpaired) electrons. The summed E-state index contributed by atoms with van der Waals surface area (Å²) in [6, 6.07) is 10.7. The molecule has 1 saturated heterocycles. The van der Waals surface area contributed by atoms with E-state index in [1.54, 1.807) is 4.90 Å². The van der Waals surface area contributed by atoms with Crippen LogP contribution in [0, 0.1) is 11.8 Å². The maximum absolute atomic E-state index is 12.0. The van der Waals surface area contributed by atoms with Crippen molar-refractivity contribution in [3.63, 3.8) is 0 Å². The van der Waals surface area contributed by atoms with Crippen molar-refractivity contribution in [2.45, 2.75) is 59.1 Å². The van der Waals surface area contributed by atoms with Crippen molar-refractivity contribution in [3.05, 3.63) is 35.9 Å². The van der Waals surface area contributed by atoms with E-state index in [1.807, 2.05) is 27.8 Å². The van der Waals surface area contributed by atoms with E-state index in [4.69, 9.17) is 4.74 Å².